The first-order valence-corrected chi connectivity index (χ1v) is 5.71. The molecule has 0 unspecified atom stereocenters. The van der Waals surface area contributed by atoms with Crippen molar-refractivity contribution in [2.24, 2.45) is 0 Å². The zero-order chi connectivity index (χ0) is 13.9. The van der Waals surface area contributed by atoms with Crippen molar-refractivity contribution in [2.45, 2.75) is 46.3 Å². The van der Waals surface area contributed by atoms with Crippen molar-refractivity contribution in [3.63, 3.8) is 0 Å². The quantitative estimate of drug-likeness (QED) is 0.800. The number of carbonyl (C=O) groups is 1. The molecule has 0 aliphatic rings. The number of H-pyrrole nitrogens is 1. The number of aryl methyl sites for hydroxylation is 2. The van der Waals surface area contributed by atoms with Crippen molar-refractivity contribution < 1.29 is 9.53 Å². The molecule has 1 aromatic heterocycles. The van der Waals surface area contributed by atoms with Crippen molar-refractivity contribution in [1.29, 1.82) is 0 Å². The van der Waals surface area contributed by atoms with Crippen LogP contribution in [0, 0.1) is 6.92 Å². The SMILES string of the molecule is Cc1cn(CCC(=O)OC(C)(C)C)c(=O)[nH]c1=O. The van der Waals surface area contributed by atoms with Crippen LogP contribution in [-0.4, -0.2) is 21.1 Å². The van der Waals surface area contributed by atoms with Crippen molar-refractivity contribution in [3.05, 3.63) is 32.6 Å². The second-order valence-corrected chi connectivity index (χ2v) is 5.10. The zero-order valence-electron chi connectivity index (χ0n) is 11.1. The number of esters is 1. The van der Waals surface area contributed by atoms with Gasteiger partial charge < -0.3 is 4.74 Å². The van der Waals surface area contributed by atoms with Crippen LogP contribution in [0.2, 0.25) is 0 Å². The third-order valence-corrected chi connectivity index (χ3v) is 2.17. The van der Waals surface area contributed by atoms with Gasteiger partial charge in [0.1, 0.15) is 5.60 Å². The molecule has 0 bridgehead atoms. The van der Waals surface area contributed by atoms with E-state index in [0.29, 0.717) is 5.56 Å². The molecule has 0 saturated carbocycles. The van der Waals surface area contributed by atoms with E-state index in [1.54, 1.807) is 27.7 Å². The first kappa shape index (κ1) is 14.2. The van der Waals surface area contributed by atoms with Crippen LogP contribution in [-0.2, 0) is 16.1 Å². The van der Waals surface area contributed by atoms with Gasteiger partial charge in [0.05, 0.1) is 6.42 Å². The molecular formula is C12H18N2O4. The van der Waals surface area contributed by atoms with E-state index >= 15 is 0 Å². The lowest BCUT2D eigenvalue weighted by Crippen LogP contribution is -2.32. The number of aromatic nitrogens is 2. The van der Waals surface area contributed by atoms with Gasteiger partial charge in [0.2, 0.25) is 0 Å². The van der Waals surface area contributed by atoms with Crippen molar-refractivity contribution in [3.8, 4) is 0 Å². The number of hydrogen-bond acceptors (Lipinski definition) is 4. The molecule has 0 atom stereocenters. The molecular weight excluding hydrogens is 236 g/mol. The van der Waals surface area contributed by atoms with Crippen LogP contribution in [0.25, 0.3) is 0 Å². The van der Waals surface area contributed by atoms with Gasteiger partial charge in [-0.05, 0) is 27.7 Å². The molecule has 1 heterocycles. The van der Waals surface area contributed by atoms with E-state index in [0.717, 1.165) is 0 Å². The third kappa shape index (κ3) is 4.20. The molecule has 0 saturated heterocycles. The highest BCUT2D eigenvalue weighted by Gasteiger charge is 2.16. The van der Waals surface area contributed by atoms with E-state index in [-0.39, 0.29) is 18.9 Å². The van der Waals surface area contributed by atoms with E-state index in [1.807, 2.05) is 0 Å². The lowest BCUT2D eigenvalue weighted by atomic mass is 10.2. The molecule has 0 radical (unpaired) electrons. The lowest BCUT2D eigenvalue weighted by Gasteiger charge is -2.19. The lowest BCUT2D eigenvalue weighted by molar-refractivity contribution is -0.155. The van der Waals surface area contributed by atoms with Gasteiger partial charge in [-0.1, -0.05) is 0 Å². The number of nitrogens with one attached hydrogen (secondary N) is 1. The van der Waals surface area contributed by atoms with Crippen LogP contribution in [0.1, 0.15) is 32.8 Å². The van der Waals surface area contributed by atoms with Crippen LogP contribution in [0.5, 0.6) is 0 Å². The van der Waals surface area contributed by atoms with E-state index in [1.165, 1.54) is 10.8 Å². The van der Waals surface area contributed by atoms with Gasteiger partial charge in [0.25, 0.3) is 5.56 Å². The van der Waals surface area contributed by atoms with Gasteiger partial charge in [-0.25, -0.2) is 4.79 Å². The molecule has 18 heavy (non-hydrogen) atoms. The fourth-order valence-corrected chi connectivity index (χ4v) is 1.39. The summed E-state index contributed by atoms with van der Waals surface area (Å²) in [7, 11) is 0. The van der Waals surface area contributed by atoms with Gasteiger partial charge in [-0.3, -0.25) is 19.1 Å². The topological polar surface area (TPSA) is 81.2 Å². The summed E-state index contributed by atoms with van der Waals surface area (Å²) in [5.41, 5.74) is -1.04. The summed E-state index contributed by atoms with van der Waals surface area (Å²) in [5.74, 6) is -0.377. The molecule has 0 amide bonds. The first-order chi connectivity index (χ1) is 8.19. The molecule has 6 heteroatoms. The summed E-state index contributed by atoms with van der Waals surface area (Å²) in [6.45, 7) is 7.12. The Labute approximate surface area is 105 Å². The number of aromatic amines is 1. The Morgan fingerprint density at radius 1 is 1.39 bits per heavy atom. The highest BCUT2D eigenvalue weighted by atomic mass is 16.6. The second kappa shape index (κ2) is 5.20. The Kier molecular flexibility index (Phi) is 4.11. The summed E-state index contributed by atoms with van der Waals surface area (Å²) in [4.78, 5) is 36.3. The van der Waals surface area contributed by atoms with E-state index in [9.17, 15) is 14.4 Å². The van der Waals surface area contributed by atoms with Crippen LogP contribution in [0.15, 0.2) is 15.8 Å². The molecule has 0 aromatic carbocycles. The highest BCUT2D eigenvalue weighted by Crippen LogP contribution is 2.08. The minimum atomic E-state index is -0.539. The van der Waals surface area contributed by atoms with Crippen LogP contribution in [0.3, 0.4) is 0 Å². The standard InChI is InChI=1S/C12H18N2O4/c1-8-7-14(11(17)13-10(8)16)6-5-9(15)18-12(2,3)4/h7H,5-6H2,1-4H3,(H,13,16,17). The summed E-state index contributed by atoms with van der Waals surface area (Å²) in [6.07, 6.45) is 1.52. The molecule has 1 N–H and O–H groups in total. The van der Waals surface area contributed by atoms with Gasteiger partial charge in [-0.2, -0.15) is 0 Å². The number of nitrogens with zero attached hydrogens (tertiary/aromatic N) is 1. The normalized spacial score (nSPS) is 11.3. The van der Waals surface area contributed by atoms with Crippen molar-refractivity contribution >= 4 is 5.97 Å². The predicted molar refractivity (Wildman–Crippen MR) is 66.5 cm³/mol. The predicted octanol–water partition coefficient (Wildman–Crippen LogP) is 0.577. The summed E-state index contributed by atoms with van der Waals surface area (Å²) >= 11 is 0. The van der Waals surface area contributed by atoms with Crippen LogP contribution >= 0.6 is 0 Å². The number of hydrogen-bond donors (Lipinski definition) is 1. The summed E-state index contributed by atoms with van der Waals surface area (Å²) in [6, 6.07) is 0. The zero-order valence-corrected chi connectivity index (χ0v) is 11.1. The Hall–Kier alpha value is -1.85. The Morgan fingerprint density at radius 2 is 2.00 bits per heavy atom. The Bertz CT molecular complexity index is 548. The van der Waals surface area contributed by atoms with Crippen molar-refractivity contribution in [1.82, 2.24) is 9.55 Å². The Balaban J connectivity index is 2.70. The average molecular weight is 254 g/mol. The van der Waals surface area contributed by atoms with Crippen LogP contribution < -0.4 is 11.2 Å². The molecule has 1 aromatic rings. The molecule has 0 aliphatic heterocycles. The smallest absolute Gasteiger partial charge is 0.328 e. The molecule has 1 rings (SSSR count). The third-order valence-electron chi connectivity index (χ3n) is 2.17. The van der Waals surface area contributed by atoms with Gasteiger partial charge in [-0.15, -0.1) is 0 Å². The monoisotopic (exact) mass is 254 g/mol. The highest BCUT2D eigenvalue weighted by molar-refractivity contribution is 5.69. The minimum absolute atomic E-state index is 0.0860. The maximum Gasteiger partial charge on any atom is 0.328 e. The van der Waals surface area contributed by atoms with Crippen molar-refractivity contribution in [2.75, 3.05) is 0 Å². The molecule has 0 spiro atoms. The maximum atomic E-state index is 11.5. The van der Waals surface area contributed by atoms with Gasteiger partial charge >= 0.3 is 11.7 Å². The molecule has 0 fully saturated rings. The number of carbonyl (C=O) groups excluding carboxylic acids is 1. The van der Waals surface area contributed by atoms with E-state index in [4.69, 9.17) is 4.74 Å². The molecule has 0 aliphatic carbocycles. The molecule has 6 nitrogen and oxygen atoms in total. The fraction of sp³-hybridized carbons (Fsp3) is 0.583. The van der Waals surface area contributed by atoms with E-state index < -0.39 is 16.9 Å². The molecule has 100 valence electrons. The average Bonchev–Trinajstić information content (AvgIpc) is 2.19. The summed E-state index contributed by atoms with van der Waals surface area (Å²) in [5, 5.41) is 0. The minimum Gasteiger partial charge on any atom is -0.460 e. The first-order valence-electron chi connectivity index (χ1n) is 5.71. The number of rotatable bonds is 3. The second-order valence-electron chi connectivity index (χ2n) is 5.10. The summed E-state index contributed by atoms with van der Waals surface area (Å²) < 4.78 is 6.42. The van der Waals surface area contributed by atoms with Crippen LogP contribution in [0.4, 0.5) is 0 Å². The van der Waals surface area contributed by atoms with E-state index in [2.05, 4.69) is 4.98 Å². The maximum absolute atomic E-state index is 11.5. The number of ether oxygens (including phenoxy) is 1. The largest absolute Gasteiger partial charge is 0.460 e. The Morgan fingerprint density at radius 3 is 2.56 bits per heavy atom. The van der Waals surface area contributed by atoms with Gasteiger partial charge in [0, 0.05) is 18.3 Å². The fourth-order valence-electron chi connectivity index (χ4n) is 1.39. The van der Waals surface area contributed by atoms with Gasteiger partial charge in [0.15, 0.2) is 0 Å².